The van der Waals surface area contributed by atoms with Gasteiger partial charge in [0.05, 0.1) is 5.56 Å². The molecule has 2 N–H and O–H groups in total. The number of anilines is 1. The van der Waals surface area contributed by atoms with Crippen molar-refractivity contribution in [2.45, 2.75) is 19.6 Å². The highest BCUT2D eigenvalue weighted by atomic mass is 19.4. The quantitative estimate of drug-likeness (QED) is 0.869. The van der Waals surface area contributed by atoms with Gasteiger partial charge < -0.3 is 15.2 Å². The number of carbonyl (C=O) groups excluding carboxylic acids is 2. The molecule has 0 saturated carbocycles. The van der Waals surface area contributed by atoms with Crippen LogP contribution >= 0.6 is 0 Å². The van der Waals surface area contributed by atoms with Crippen LogP contribution in [0.5, 0.6) is 0 Å². The van der Waals surface area contributed by atoms with Crippen molar-refractivity contribution in [3.05, 3.63) is 63.6 Å². The number of amides is 2. The normalized spacial score (nSPS) is 11.1. The Balaban J connectivity index is 2.23. The number of rotatable bonds is 4. The van der Waals surface area contributed by atoms with Crippen molar-refractivity contribution in [2.24, 2.45) is 0 Å². The SMILES string of the molecule is CNC(=O)c1cccc(NC(=O)Cn2cc(C(F)(F)F)ccc2=O)c1C. The first kappa shape index (κ1) is 19.2. The third-order valence-electron chi connectivity index (χ3n) is 3.70. The lowest BCUT2D eigenvalue weighted by Gasteiger charge is -2.13. The zero-order chi connectivity index (χ0) is 19.5. The van der Waals surface area contributed by atoms with Gasteiger partial charge in [0.2, 0.25) is 5.91 Å². The maximum absolute atomic E-state index is 12.7. The highest BCUT2D eigenvalue weighted by Gasteiger charge is 2.31. The third-order valence-corrected chi connectivity index (χ3v) is 3.70. The molecule has 0 bridgehead atoms. The van der Waals surface area contributed by atoms with Crippen molar-refractivity contribution < 1.29 is 22.8 Å². The Morgan fingerprint density at radius 2 is 1.85 bits per heavy atom. The first-order valence-electron chi connectivity index (χ1n) is 7.52. The summed E-state index contributed by atoms with van der Waals surface area (Å²) in [7, 11) is 1.47. The van der Waals surface area contributed by atoms with Crippen LogP contribution < -0.4 is 16.2 Å². The molecule has 9 heteroatoms. The average Bonchev–Trinajstić information content (AvgIpc) is 2.57. The Labute approximate surface area is 146 Å². The summed E-state index contributed by atoms with van der Waals surface area (Å²) in [6.07, 6.45) is -4.03. The number of hydrogen-bond donors (Lipinski definition) is 2. The molecule has 0 aliphatic rings. The fraction of sp³-hybridized carbons (Fsp3) is 0.235. The fourth-order valence-electron chi connectivity index (χ4n) is 2.32. The van der Waals surface area contributed by atoms with Crippen molar-refractivity contribution in [1.29, 1.82) is 0 Å². The van der Waals surface area contributed by atoms with Gasteiger partial charge in [-0.25, -0.2) is 0 Å². The maximum Gasteiger partial charge on any atom is 0.417 e. The number of nitrogens with zero attached hydrogens (tertiary/aromatic N) is 1. The molecule has 2 amide bonds. The molecule has 138 valence electrons. The number of benzene rings is 1. The van der Waals surface area contributed by atoms with E-state index in [0.29, 0.717) is 33.6 Å². The molecule has 2 rings (SSSR count). The second kappa shape index (κ2) is 7.42. The van der Waals surface area contributed by atoms with E-state index >= 15 is 0 Å². The fourth-order valence-corrected chi connectivity index (χ4v) is 2.32. The van der Waals surface area contributed by atoms with Crippen molar-refractivity contribution in [1.82, 2.24) is 9.88 Å². The van der Waals surface area contributed by atoms with Crippen molar-refractivity contribution >= 4 is 17.5 Å². The molecule has 0 aliphatic heterocycles. The zero-order valence-electron chi connectivity index (χ0n) is 14.0. The van der Waals surface area contributed by atoms with Crippen LogP contribution in [-0.2, 0) is 17.5 Å². The minimum Gasteiger partial charge on any atom is -0.355 e. The molecule has 0 aliphatic carbocycles. The van der Waals surface area contributed by atoms with E-state index in [2.05, 4.69) is 10.6 Å². The smallest absolute Gasteiger partial charge is 0.355 e. The minimum absolute atomic E-state index is 0.330. The Morgan fingerprint density at radius 1 is 1.15 bits per heavy atom. The van der Waals surface area contributed by atoms with E-state index in [9.17, 15) is 27.6 Å². The largest absolute Gasteiger partial charge is 0.417 e. The molecule has 6 nitrogen and oxygen atoms in total. The first-order chi connectivity index (χ1) is 12.1. The summed E-state index contributed by atoms with van der Waals surface area (Å²) in [6.45, 7) is 1.03. The summed E-state index contributed by atoms with van der Waals surface area (Å²) in [4.78, 5) is 35.6. The minimum atomic E-state index is -4.62. The molecule has 0 spiro atoms. The number of nitrogens with one attached hydrogen (secondary N) is 2. The topological polar surface area (TPSA) is 80.2 Å². The van der Waals surface area contributed by atoms with Crippen LogP contribution in [-0.4, -0.2) is 23.4 Å². The first-order valence-corrected chi connectivity index (χ1v) is 7.52. The summed E-state index contributed by atoms with van der Waals surface area (Å²) >= 11 is 0. The lowest BCUT2D eigenvalue weighted by atomic mass is 10.1. The van der Waals surface area contributed by atoms with E-state index in [0.717, 1.165) is 6.07 Å². The number of hydrogen-bond acceptors (Lipinski definition) is 3. The Hall–Kier alpha value is -3.10. The molecule has 1 heterocycles. The van der Waals surface area contributed by atoms with Gasteiger partial charge in [-0.1, -0.05) is 6.07 Å². The van der Waals surface area contributed by atoms with Crippen LogP contribution in [0.25, 0.3) is 0 Å². The van der Waals surface area contributed by atoms with Gasteiger partial charge in [-0.15, -0.1) is 0 Å². The molecule has 0 atom stereocenters. The van der Waals surface area contributed by atoms with Gasteiger partial charge in [0.1, 0.15) is 6.54 Å². The van der Waals surface area contributed by atoms with Crippen LogP contribution in [0.2, 0.25) is 0 Å². The summed E-state index contributed by atoms with van der Waals surface area (Å²) in [5, 5.41) is 4.97. The molecule has 1 aromatic heterocycles. The predicted molar refractivity (Wildman–Crippen MR) is 88.9 cm³/mol. The molecule has 26 heavy (non-hydrogen) atoms. The van der Waals surface area contributed by atoms with Gasteiger partial charge in [-0.3, -0.25) is 14.4 Å². The molecular weight excluding hydrogens is 351 g/mol. The second-order valence-corrected chi connectivity index (χ2v) is 5.49. The zero-order valence-corrected chi connectivity index (χ0v) is 14.0. The van der Waals surface area contributed by atoms with Crippen LogP contribution in [0.1, 0.15) is 21.5 Å². The standard InChI is InChI=1S/C17H16F3N3O3/c1-10-12(16(26)21-2)4-3-5-13(10)22-14(24)9-23-8-11(17(18,19)20)6-7-15(23)25/h3-8H,9H2,1-2H3,(H,21,26)(H,22,24). The molecule has 0 radical (unpaired) electrons. The second-order valence-electron chi connectivity index (χ2n) is 5.49. The van der Waals surface area contributed by atoms with Crippen LogP contribution in [0.15, 0.2) is 41.3 Å². The van der Waals surface area contributed by atoms with Gasteiger partial charge in [0.25, 0.3) is 11.5 Å². The molecule has 0 fully saturated rings. The van der Waals surface area contributed by atoms with Crippen molar-refractivity contribution in [3.8, 4) is 0 Å². The molecular formula is C17H16F3N3O3. The third kappa shape index (κ3) is 4.29. The van der Waals surface area contributed by atoms with E-state index in [1.165, 1.54) is 7.05 Å². The number of halogens is 3. The number of carbonyl (C=O) groups is 2. The summed E-state index contributed by atoms with van der Waals surface area (Å²) in [5.41, 5.74) is -0.582. The maximum atomic E-state index is 12.7. The Kier molecular flexibility index (Phi) is 5.49. The Bertz CT molecular complexity index is 904. The van der Waals surface area contributed by atoms with E-state index in [1.54, 1.807) is 25.1 Å². The van der Waals surface area contributed by atoms with Gasteiger partial charge in [0, 0.05) is 30.6 Å². The van der Waals surface area contributed by atoms with E-state index in [-0.39, 0.29) is 5.91 Å². The predicted octanol–water partition coefficient (Wildman–Crippen LogP) is 2.17. The number of aromatic nitrogens is 1. The van der Waals surface area contributed by atoms with Gasteiger partial charge in [-0.2, -0.15) is 13.2 Å². The molecule has 2 aromatic rings. The van der Waals surface area contributed by atoms with Crippen LogP contribution in [0.3, 0.4) is 0 Å². The lowest BCUT2D eigenvalue weighted by molar-refractivity contribution is -0.138. The lowest BCUT2D eigenvalue weighted by Crippen LogP contribution is -2.28. The highest BCUT2D eigenvalue weighted by Crippen LogP contribution is 2.28. The van der Waals surface area contributed by atoms with Crippen LogP contribution in [0, 0.1) is 6.92 Å². The summed E-state index contributed by atoms with van der Waals surface area (Å²) < 4.78 is 38.9. The monoisotopic (exact) mass is 367 g/mol. The molecule has 0 unspecified atom stereocenters. The average molecular weight is 367 g/mol. The van der Waals surface area contributed by atoms with E-state index < -0.39 is 29.8 Å². The number of alkyl halides is 3. The van der Waals surface area contributed by atoms with Gasteiger partial charge in [0.15, 0.2) is 0 Å². The molecule has 1 aromatic carbocycles. The van der Waals surface area contributed by atoms with Crippen molar-refractivity contribution in [3.63, 3.8) is 0 Å². The van der Waals surface area contributed by atoms with E-state index in [1.807, 2.05) is 0 Å². The Morgan fingerprint density at radius 3 is 2.46 bits per heavy atom. The van der Waals surface area contributed by atoms with Gasteiger partial charge in [-0.05, 0) is 30.7 Å². The summed E-state index contributed by atoms with van der Waals surface area (Å²) in [5.74, 6) is -1.03. The van der Waals surface area contributed by atoms with Gasteiger partial charge >= 0.3 is 6.18 Å². The molecule has 0 saturated heterocycles. The van der Waals surface area contributed by atoms with E-state index in [4.69, 9.17) is 0 Å². The van der Waals surface area contributed by atoms with Crippen LogP contribution in [0.4, 0.5) is 18.9 Å². The highest BCUT2D eigenvalue weighted by molar-refractivity contribution is 5.99. The van der Waals surface area contributed by atoms with Crippen molar-refractivity contribution in [2.75, 3.05) is 12.4 Å². The number of pyridine rings is 1. The summed E-state index contributed by atoms with van der Waals surface area (Å²) in [6, 6.07) is 6.10.